The van der Waals surface area contributed by atoms with Crippen LogP contribution >= 0.6 is 0 Å². The Hall–Kier alpha value is -2.04. The number of halogens is 2. The fourth-order valence-corrected chi connectivity index (χ4v) is 3.74. The zero-order chi connectivity index (χ0) is 16.6. The van der Waals surface area contributed by atoms with Gasteiger partial charge < -0.3 is 0 Å². The molecule has 1 heterocycles. The van der Waals surface area contributed by atoms with E-state index in [2.05, 4.69) is 17.1 Å². The number of rotatable bonds is 2. The van der Waals surface area contributed by atoms with Gasteiger partial charge >= 0.3 is 0 Å². The van der Waals surface area contributed by atoms with Crippen molar-refractivity contribution >= 4 is 0 Å². The van der Waals surface area contributed by atoms with Crippen LogP contribution in [0, 0.1) is 24.5 Å². The molecule has 3 nitrogen and oxygen atoms in total. The highest BCUT2D eigenvalue weighted by Crippen LogP contribution is 2.42. The van der Waals surface area contributed by atoms with E-state index in [9.17, 15) is 13.6 Å². The molecular formula is C18H20F2N2O. The van der Waals surface area contributed by atoms with Crippen molar-refractivity contribution in [3.05, 3.63) is 51.4 Å². The second-order valence-corrected chi connectivity index (χ2v) is 6.39. The Bertz CT molecular complexity index is 765. The summed E-state index contributed by atoms with van der Waals surface area (Å²) in [5, 5.41) is 6.43. The number of benzene rings is 1. The molecule has 2 aromatic rings. The number of H-pyrrole nitrogens is 1. The van der Waals surface area contributed by atoms with Crippen molar-refractivity contribution in [1.82, 2.24) is 10.2 Å². The lowest BCUT2D eigenvalue weighted by atomic mass is 9.74. The molecule has 1 N–H and O–H groups in total. The van der Waals surface area contributed by atoms with Gasteiger partial charge in [-0.1, -0.05) is 32.3 Å². The Kier molecular flexibility index (Phi) is 4.28. The van der Waals surface area contributed by atoms with Gasteiger partial charge in [-0.3, -0.25) is 4.79 Å². The van der Waals surface area contributed by atoms with Crippen LogP contribution in [-0.4, -0.2) is 10.2 Å². The first kappa shape index (κ1) is 15.8. The number of aryl methyl sites for hydroxylation is 1. The Morgan fingerprint density at radius 1 is 1.13 bits per heavy atom. The second-order valence-electron chi connectivity index (χ2n) is 6.39. The Labute approximate surface area is 133 Å². The van der Waals surface area contributed by atoms with Crippen LogP contribution in [0.15, 0.2) is 23.0 Å². The van der Waals surface area contributed by atoms with Crippen molar-refractivity contribution in [1.29, 1.82) is 0 Å². The molecule has 0 aliphatic heterocycles. The van der Waals surface area contributed by atoms with Gasteiger partial charge in [0.05, 0.1) is 16.8 Å². The highest BCUT2D eigenvalue weighted by atomic mass is 19.1. The molecule has 122 valence electrons. The molecule has 1 aliphatic carbocycles. The van der Waals surface area contributed by atoms with Crippen LogP contribution in [0.1, 0.15) is 49.8 Å². The summed E-state index contributed by atoms with van der Waals surface area (Å²) < 4.78 is 28.6. The zero-order valence-corrected chi connectivity index (χ0v) is 13.3. The minimum absolute atomic E-state index is 0.104. The predicted octanol–water partition coefficient (Wildman–Crippen LogP) is 4.32. The van der Waals surface area contributed by atoms with E-state index in [0.717, 1.165) is 25.7 Å². The summed E-state index contributed by atoms with van der Waals surface area (Å²) in [5.74, 6) is -0.969. The first-order valence-corrected chi connectivity index (χ1v) is 8.04. The van der Waals surface area contributed by atoms with Gasteiger partial charge in [-0.05, 0) is 42.9 Å². The summed E-state index contributed by atoms with van der Waals surface area (Å²) >= 11 is 0. The molecule has 0 saturated heterocycles. The maximum Gasteiger partial charge on any atom is 0.272 e. The van der Waals surface area contributed by atoms with E-state index in [1.807, 2.05) is 0 Å². The third-order valence-corrected chi connectivity index (χ3v) is 4.91. The van der Waals surface area contributed by atoms with Crippen molar-refractivity contribution in [2.24, 2.45) is 5.92 Å². The third kappa shape index (κ3) is 2.80. The average Bonchev–Trinajstić information content (AvgIpc) is 2.51. The lowest BCUT2D eigenvalue weighted by Crippen LogP contribution is -2.23. The minimum atomic E-state index is -0.717. The van der Waals surface area contributed by atoms with E-state index in [4.69, 9.17) is 0 Å². The molecular weight excluding hydrogens is 298 g/mol. The number of hydrogen-bond acceptors (Lipinski definition) is 2. The second kappa shape index (κ2) is 6.22. The number of hydrogen-bond donors (Lipinski definition) is 1. The van der Waals surface area contributed by atoms with Crippen molar-refractivity contribution in [2.75, 3.05) is 0 Å². The van der Waals surface area contributed by atoms with Gasteiger partial charge in [-0.15, -0.1) is 0 Å². The van der Waals surface area contributed by atoms with Gasteiger partial charge in [0.2, 0.25) is 0 Å². The summed E-state index contributed by atoms with van der Waals surface area (Å²) in [5.41, 5.74) is 0.664. The average molecular weight is 318 g/mol. The normalized spacial score (nSPS) is 21.4. The topological polar surface area (TPSA) is 45.8 Å². The highest BCUT2D eigenvalue weighted by molar-refractivity contribution is 5.69. The van der Waals surface area contributed by atoms with E-state index < -0.39 is 17.2 Å². The molecule has 1 aromatic carbocycles. The molecule has 23 heavy (non-hydrogen) atoms. The lowest BCUT2D eigenvalue weighted by Gasteiger charge is -2.31. The Morgan fingerprint density at radius 2 is 1.78 bits per heavy atom. The molecule has 1 saturated carbocycles. The number of aromatic nitrogens is 2. The van der Waals surface area contributed by atoms with Gasteiger partial charge in [0.25, 0.3) is 5.56 Å². The Balaban J connectivity index is 2.29. The van der Waals surface area contributed by atoms with E-state index in [1.165, 1.54) is 18.2 Å². The summed E-state index contributed by atoms with van der Waals surface area (Å²) in [7, 11) is 0. The van der Waals surface area contributed by atoms with Crippen LogP contribution in [-0.2, 0) is 0 Å². The quantitative estimate of drug-likeness (QED) is 0.896. The van der Waals surface area contributed by atoms with Crippen LogP contribution in [0.25, 0.3) is 11.1 Å². The fourth-order valence-electron chi connectivity index (χ4n) is 3.74. The largest absolute Gasteiger partial charge is 0.272 e. The predicted molar refractivity (Wildman–Crippen MR) is 85.3 cm³/mol. The first-order valence-electron chi connectivity index (χ1n) is 8.04. The minimum Gasteiger partial charge on any atom is -0.267 e. The molecule has 2 atom stereocenters. The van der Waals surface area contributed by atoms with Gasteiger partial charge in [-0.2, -0.15) is 5.10 Å². The summed E-state index contributed by atoms with van der Waals surface area (Å²) in [4.78, 5) is 12.4. The van der Waals surface area contributed by atoms with Crippen molar-refractivity contribution < 1.29 is 8.78 Å². The maximum atomic E-state index is 14.3. The molecule has 1 fully saturated rings. The van der Waals surface area contributed by atoms with E-state index >= 15 is 0 Å². The maximum absolute atomic E-state index is 14.3. The molecule has 0 amide bonds. The first-order chi connectivity index (χ1) is 11.0. The molecule has 0 bridgehead atoms. The molecule has 3 rings (SSSR count). The van der Waals surface area contributed by atoms with E-state index in [0.29, 0.717) is 17.2 Å². The van der Waals surface area contributed by atoms with Gasteiger partial charge in [-0.25, -0.2) is 13.9 Å². The highest BCUT2D eigenvalue weighted by Gasteiger charge is 2.30. The summed E-state index contributed by atoms with van der Waals surface area (Å²) in [6.45, 7) is 3.92. The van der Waals surface area contributed by atoms with Crippen molar-refractivity contribution in [2.45, 2.75) is 45.4 Å². The molecule has 0 spiro atoms. The number of nitrogens with zero attached hydrogens (tertiary/aromatic N) is 1. The summed E-state index contributed by atoms with van der Waals surface area (Å²) in [6, 6.07) is 3.67. The summed E-state index contributed by atoms with van der Waals surface area (Å²) in [6.07, 6.45) is 4.17. The van der Waals surface area contributed by atoms with E-state index in [-0.39, 0.29) is 17.0 Å². The molecule has 1 aliphatic rings. The number of aromatic amines is 1. The number of nitrogens with one attached hydrogen (secondary N) is 1. The van der Waals surface area contributed by atoms with Crippen LogP contribution in [0.5, 0.6) is 0 Å². The van der Waals surface area contributed by atoms with Gasteiger partial charge in [0, 0.05) is 0 Å². The molecule has 0 radical (unpaired) electrons. The van der Waals surface area contributed by atoms with Crippen molar-refractivity contribution in [3.8, 4) is 11.1 Å². The van der Waals surface area contributed by atoms with E-state index in [1.54, 1.807) is 6.92 Å². The SMILES string of the molecule is Cc1n[nH]c(=O)c(-c2c(F)cccc2F)c1C1CCCCC1C. The monoisotopic (exact) mass is 318 g/mol. The smallest absolute Gasteiger partial charge is 0.267 e. The zero-order valence-electron chi connectivity index (χ0n) is 13.3. The van der Waals surface area contributed by atoms with Crippen LogP contribution in [0.2, 0.25) is 0 Å². The van der Waals surface area contributed by atoms with Crippen LogP contribution in [0.3, 0.4) is 0 Å². The third-order valence-electron chi connectivity index (χ3n) is 4.91. The lowest BCUT2D eigenvalue weighted by molar-refractivity contribution is 0.329. The molecule has 5 heteroatoms. The standard InChI is InChI=1S/C18H20F2N2O/c1-10-6-3-4-7-12(10)15-11(2)21-22-18(23)17(15)16-13(19)8-5-9-14(16)20/h5,8-10,12H,3-4,6-7H2,1-2H3,(H,22,23). The van der Waals surface area contributed by atoms with Crippen molar-refractivity contribution in [3.63, 3.8) is 0 Å². The Morgan fingerprint density at radius 3 is 2.43 bits per heavy atom. The molecule has 2 unspecified atom stereocenters. The van der Waals surface area contributed by atoms with Gasteiger partial charge in [0.15, 0.2) is 0 Å². The molecule has 1 aromatic heterocycles. The fraction of sp³-hybridized carbons (Fsp3) is 0.444. The van der Waals surface area contributed by atoms with Crippen LogP contribution < -0.4 is 5.56 Å². The van der Waals surface area contributed by atoms with Crippen LogP contribution in [0.4, 0.5) is 8.78 Å². The van der Waals surface area contributed by atoms with Gasteiger partial charge in [0.1, 0.15) is 11.6 Å².